The number of rotatable bonds is 1. The first kappa shape index (κ1) is 13.7. The van der Waals surface area contributed by atoms with Crippen molar-refractivity contribution in [3.05, 3.63) is 0 Å². The Morgan fingerprint density at radius 1 is 1.29 bits per heavy atom. The lowest BCUT2D eigenvalue weighted by molar-refractivity contribution is -0.197. The molecule has 98 valence electrons. The first-order chi connectivity index (χ1) is 7.54. The Hall–Kier alpha value is -1.41. The highest BCUT2D eigenvalue weighted by atomic mass is 19.4. The normalized spacial score (nSPS) is 24.5. The number of aliphatic carboxylic acids is 1. The molecule has 1 unspecified atom stereocenters. The molecule has 0 spiro atoms. The monoisotopic (exact) mass is 261 g/mol. The van der Waals surface area contributed by atoms with E-state index in [0.29, 0.717) is 0 Å². The molecule has 4 nitrogen and oxygen atoms in total. The van der Waals surface area contributed by atoms with E-state index in [1.54, 1.807) is 0 Å². The summed E-state index contributed by atoms with van der Waals surface area (Å²) >= 11 is 0. The topological polar surface area (TPSA) is 57.6 Å². The van der Waals surface area contributed by atoms with E-state index in [4.69, 9.17) is 5.11 Å². The molecular formula is C8H8F5NO3. The quantitative estimate of drug-likeness (QED) is 0.723. The summed E-state index contributed by atoms with van der Waals surface area (Å²) in [6, 6.07) is -2.15. The van der Waals surface area contributed by atoms with Crippen molar-refractivity contribution >= 4 is 11.9 Å². The standard InChI is InChI=1S/C8H8F5NO3/c9-7(10)1-2-14(4(3-7)5(15)16)6(17)8(11,12)13/h4H,1-3H2,(H,15,16). The summed E-state index contributed by atoms with van der Waals surface area (Å²) in [5.74, 6) is -7.65. The highest BCUT2D eigenvalue weighted by Gasteiger charge is 2.51. The van der Waals surface area contributed by atoms with Crippen LogP contribution in [0.2, 0.25) is 0 Å². The fourth-order valence-corrected chi connectivity index (χ4v) is 1.56. The van der Waals surface area contributed by atoms with Gasteiger partial charge in [-0.2, -0.15) is 13.2 Å². The molecule has 0 aromatic heterocycles. The zero-order chi connectivity index (χ0) is 13.4. The van der Waals surface area contributed by atoms with Gasteiger partial charge in [0, 0.05) is 19.4 Å². The molecule has 1 amide bonds. The average molecular weight is 261 g/mol. The van der Waals surface area contributed by atoms with E-state index in [1.807, 2.05) is 0 Å². The van der Waals surface area contributed by atoms with Crippen molar-refractivity contribution in [1.82, 2.24) is 4.90 Å². The summed E-state index contributed by atoms with van der Waals surface area (Å²) in [6.07, 6.45) is -7.54. The second kappa shape index (κ2) is 4.11. The van der Waals surface area contributed by atoms with Gasteiger partial charge in [0.15, 0.2) is 0 Å². The number of carbonyl (C=O) groups excluding carboxylic acids is 1. The number of likely N-dealkylation sites (tertiary alicyclic amines) is 1. The van der Waals surface area contributed by atoms with E-state index in [-0.39, 0.29) is 4.90 Å². The molecule has 1 aliphatic heterocycles. The van der Waals surface area contributed by atoms with Gasteiger partial charge in [-0.25, -0.2) is 13.6 Å². The number of halogens is 5. The van der Waals surface area contributed by atoms with E-state index in [9.17, 15) is 31.5 Å². The molecule has 1 heterocycles. The second-order valence-electron chi connectivity index (χ2n) is 3.66. The van der Waals surface area contributed by atoms with Crippen LogP contribution in [-0.4, -0.2) is 46.6 Å². The summed E-state index contributed by atoms with van der Waals surface area (Å²) in [4.78, 5) is 21.4. The van der Waals surface area contributed by atoms with Gasteiger partial charge in [-0.1, -0.05) is 0 Å². The highest BCUT2D eigenvalue weighted by molar-refractivity contribution is 5.87. The van der Waals surface area contributed by atoms with E-state index in [2.05, 4.69) is 0 Å². The minimum atomic E-state index is -5.26. The second-order valence-corrected chi connectivity index (χ2v) is 3.66. The maximum Gasteiger partial charge on any atom is 0.471 e. The first-order valence-electron chi connectivity index (χ1n) is 4.53. The lowest BCUT2D eigenvalue weighted by Gasteiger charge is -2.37. The van der Waals surface area contributed by atoms with Crippen molar-refractivity contribution in [3.8, 4) is 0 Å². The molecule has 0 aromatic rings. The van der Waals surface area contributed by atoms with Crippen LogP contribution in [0, 0.1) is 0 Å². The molecule has 0 radical (unpaired) electrons. The molecule has 0 saturated carbocycles. The van der Waals surface area contributed by atoms with Crippen LogP contribution in [0.5, 0.6) is 0 Å². The third-order valence-electron chi connectivity index (χ3n) is 2.38. The molecular weight excluding hydrogens is 253 g/mol. The SMILES string of the molecule is O=C(O)C1CC(F)(F)CCN1C(=O)C(F)(F)F. The van der Waals surface area contributed by atoms with Crippen molar-refractivity contribution in [2.24, 2.45) is 0 Å². The number of nitrogens with zero attached hydrogens (tertiary/aromatic N) is 1. The molecule has 1 saturated heterocycles. The van der Waals surface area contributed by atoms with Crippen LogP contribution in [0.1, 0.15) is 12.8 Å². The summed E-state index contributed by atoms with van der Waals surface area (Å²) in [7, 11) is 0. The molecule has 1 aliphatic rings. The smallest absolute Gasteiger partial charge is 0.471 e. The number of alkyl halides is 5. The zero-order valence-corrected chi connectivity index (χ0v) is 8.30. The van der Waals surface area contributed by atoms with Crippen LogP contribution >= 0.6 is 0 Å². The van der Waals surface area contributed by atoms with Gasteiger partial charge in [0.1, 0.15) is 6.04 Å². The number of hydrogen-bond donors (Lipinski definition) is 1. The maximum atomic E-state index is 12.9. The maximum absolute atomic E-state index is 12.9. The van der Waals surface area contributed by atoms with Crippen LogP contribution in [-0.2, 0) is 9.59 Å². The van der Waals surface area contributed by atoms with Crippen molar-refractivity contribution in [2.75, 3.05) is 6.54 Å². The predicted molar refractivity (Wildman–Crippen MR) is 43.4 cm³/mol. The van der Waals surface area contributed by atoms with E-state index < -0.39 is 49.4 Å². The zero-order valence-electron chi connectivity index (χ0n) is 8.30. The van der Waals surface area contributed by atoms with Gasteiger partial charge in [-0.15, -0.1) is 0 Å². The first-order valence-corrected chi connectivity index (χ1v) is 4.53. The van der Waals surface area contributed by atoms with Gasteiger partial charge in [-0.3, -0.25) is 4.79 Å². The molecule has 17 heavy (non-hydrogen) atoms. The lowest BCUT2D eigenvalue weighted by atomic mass is 9.98. The summed E-state index contributed by atoms with van der Waals surface area (Å²) in [5, 5.41) is 8.56. The van der Waals surface area contributed by atoms with Crippen molar-refractivity contribution in [1.29, 1.82) is 0 Å². The summed E-state index contributed by atoms with van der Waals surface area (Å²) in [6.45, 7) is -0.928. The molecule has 1 N–H and O–H groups in total. The fourth-order valence-electron chi connectivity index (χ4n) is 1.56. The lowest BCUT2D eigenvalue weighted by Crippen LogP contribution is -2.56. The van der Waals surface area contributed by atoms with Crippen molar-refractivity contribution < 1.29 is 36.6 Å². The Morgan fingerprint density at radius 2 is 1.82 bits per heavy atom. The number of hydrogen-bond acceptors (Lipinski definition) is 2. The average Bonchev–Trinajstić information content (AvgIpc) is 2.14. The fraction of sp³-hybridized carbons (Fsp3) is 0.750. The summed E-state index contributed by atoms with van der Waals surface area (Å²) < 4.78 is 62.0. The van der Waals surface area contributed by atoms with Gasteiger partial charge in [0.2, 0.25) is 0 Å². The Bertz CT molecular complexity index is 341. The van der Waals surface area contributed by atoms with Gasteiger partial charge in [0.25, 0.3) is 5.92 Å². The molecule has 1 atom stereocenters. The Balaban J connectivity index is 2.92. The number of carbonyl (C=O) groups is 2. The summed E-state index contributed by atoms with van der Waals surface area (Å²) in [5.41, 5.74) is 0. The Labute approximate surface area is 92.0 Å². The molecule has 0 bridgehead atoms. The van der Waals surface area contributed by atoms with Crippen LogP contribution in [0.4, 0.5) is 22.0 Å². The van der Waals surface area contributed by atoms with Gasteiger partial charge in [-0.05, 0) is 0 Å². The van der Waals surface area contributed by atoms with Crippen LogP contribution < -0.4 is 0 Å². The van der Waals surface area contributed by atoms with Crippen LogP contribution in [0.15, 0.2) is 0 Å². The highest BCUT2D eigenvalue weighted by Crippen LogP contribution is 2.34. The van der Waals surface area contributed by atoms with Gasteiger partial charge < -0.3 is 10.0 Å². The minimum absolute atomic E-state index is 0.0697. The van der Waals surface area contributed by atoms with Crippen molar-refractivity contribution in [3.63, 3.8) is 0 Å². The molecule has 9 heteroatoms. The van der Waals surface area contributed by atoms with Gasteiger partial charge >= 0.3 is 18.1 Å². The molecule has 1 fully saturated rings. The van der Waals surface area contributed by atoms with Gasteiger partial charge in [0.05, 0.1) is 0 Å². The van der Waals surface area contributed by atoms with E-state index in [1.165, 1.54) is 0 Å². The third-order valence-corrected chi connectivity index (χ3v) is 2.38. The van der Waals surface area contributed by atoms with E-state index >= 15 is 0 Å². The van der Waals surface area contributed by atoms with Crippen molar-refractivity contribution in [2.45, 2.75) is 31.0 Å². The minimum Gasteiger partial charge on any atom is -0.480 e. The third kappa shape index (κ3) is 3.04. The largest absolute Gasteiger partial charge is 0.480 e. The number of carboxylic acids is 1. The Kier molecular flexibility index (Phi) is 3.30. The molecule has 0 aliphatic carbocycles. The van der Waals surface area contributed by atoms with Crippen LogP contribution in [0.25, 0.3) is 0 Å². The number of carboxylic acid groups (broad SMARTS) is 1. The number of piperidine rings is 1. The predicted octanol–water partition coefficient (Wildman–Crippen LogP) is 1.26. The Morgan fingerprint density at radius 3 is 2.24 bits per heavy atom. The molecule has 0 aromatic carbocycles. The van der Waals surface area contributed by atoms with E-state index in [0.717, 1.165) is 0 Å². The molecule has 1 rings (SSSR count). The van der Waals surface area contributed by atoms with Crippen LogP contribution in [0.3, 0.4) is 0 Å². The number of amides is 1.